The molecule has 0 aliphatic rings. The van der Waals surface area contributed by atoms with Crippen molar-refractivity contribution in [2.24, 2.45) is 0 Å². The molecule has 0 nitrogen and oxygen atoms in total. The zero-order valence-electron chi connectivity index (χ0n) is 36.2. The van der Waals surface area contributed by atoms with E-state index in [1.807, 2.05) is 0 Å². The summed E-state index contributed by atoms with van der Waals surface area (Å²) in [5, 5.41) is 15.3. The van der Waals surface area contributed by atoms with E-state index in [4.69, 9.17) is 0 Å². The van der Waals surface area contributed by atoms with Crippen LogP contribution < -0.4 is 0 Å². The Hall–Kier alpha value is -8.58. The lowest BCUT2D eigenvalue weighted by Crippen LogP contribution is -1.95. The zero-order valence-corrected chi connectivity index (χ0v) is 36.2. The van der Waals surface area contributed by atoms with Gasteiger partial charge in [0.15, 0.2) is 0 Å². The molecule has 66 heavy (non-hydrogen) atoms. The molecule has 0 radical (unpaired) electrons. The van der Waals surface area contributed by atoms with Gasteiger partial charge < -0.3 is 0 Å². The fourth-order valence-corrected chi connectivity index (χ4v) is 11.0. The molecule has 0 saturated carbocycles. The van der Waals surface area contributed by atoms with Crippen molar-refractivity contribution >= 4 is 64.6 Å². The molecule has 0 N–H and O–H groups in total. The van der Waals surface area contributed by atoms with Crippen LogP contribution in [-0.2, 0) is 0 Å². The van der Waals surface area contributed by atoms with Gasteiger partial charge in [-0.05, 0) is 144 Å². The molecule has 0 heterocycles. The normalized spacial score (nSPS) is 11.6. The van der Waals surface area contributed by atoms with Crippen molar-refractivity contribution in [1.29, 1.82) is 0 Å². The maximum absolute atomic E-state index is 2.46. The highest BCUT2D eigenvalue weighted by atomic mass is 14.3. The fraction of sp³-hybridized carbons (Fsp3) is 0. The summed E-state index contributed by atoms with van der Waals surface area (Å²) in [5.74, 6) is 0. The lowest BCUT2D eigenvalue weighted by atomic mass is 9.80. The summed E-state index contributed by atoms with van der Waals surface area (Å²) in [7, 11) is 0. The van der Waals surface area contributed by atoms with Gasteiger partial charge in [0, 0.05) is 0 Å². The molecule has 13 aromatic carbocycles. The van der Waals surface area contributed by atoms with Gasteiger partial charge in [0.25, 0.3) is 0 Å². The Kier molecular flexibility index (Phi) is 8.96. The summed E-state index contributed by atoms with van der Waals surface area (Å²) in [5.41, 5.74) is 14.6. The largest absolute Gasteiger partial charge is 0.0622 e. The van der Waals surface area contributed by atoms with Crippen molar-refractivity contribution in [1.82, 2.24) is 0 Å². The van der Waals surface area contributed by atoms with Crippen LogP contribution in [0.1, 0.15) is 0 Å². The van der Waals surface area contributed by atoms with Crippen LogP contribution in [0, 0.1) is 0 Å². The molecule has 0 saturated heterocycles. The van der Waals surface area contributed by atoms with E-state index in [2.05, 4.69) is 255 Å². The molecule has 0 aliphatic carbocycles. The van der Waals surface area contributed by atoms with E-state index in [0.29, 0.717) is 0 Å². The number of benzene rings is 13. The first-order valence-corrected chi connectivity index (χ1v) is 22.9. The quantitative estimate of drug-likeness (QED) is 0.146. The van der Waals surface area contributed by atoms with E-state index in [1.54, 1.807) is 0 Å². The standard InChI is InChI=1S/C66H42/c1-5-21-43(22-6-1)59-41-57(61(47-25-9-3-10-26-47)65-55-35-19-15-31-51(55)49-29-13-17-33-53(49)63(59)65)45-37-39-46(40-38-45)58-42-60(44-23-7-2-8-24-44)64-54-34-18-14-30-50(54)52-32-16-20-36-56(52)66(64)62(58)48-27-11-4-12-28-48/h1-42H. The third-order valence-electron chi connectivity index (χ3n) is 13.8. The summed E-state index contributed by atoms with van der Waals surface area (Å²) in [6.45, 7) is 0. The summed E-state index contributed by atoms with van der Waals surface area (Å²) in [6.07, 6.45) is 0. The van der Waals surface area contributed by atoms with Crippen molar-refractivity contribution in [3.63, 3.8) is 0 Å². The first kappa shape index (κ1) is 37.9. The third kappa shape index (κ3) is 6.00. The Morgan fingerprint density at radius 2 is 0.379 bits per heavy atom. The molecule has 0 heteroatoms. The molecule has 0 aliphatic heterocycles. The molecule has 0 atom stereocenters. The fourth-order valence-electron chi connectivity index (χ4n) is 11.0. The molecule has 0 amide bonds. The van der Waals surface area contributed by atoms with E-state index < -0.39 is 0 Å². The SMILES string of the molecule is c1ccc(-c2cc(-c3ccc(-c4cc(-c5ccccc5)c5c6ccccc6c6ccccc6c5c4-c4ccccc4)cc3)c(-c3ccccc3)c3c4ccccc4c4ccccc4c23)cc1. The smallest absolute Gasteiger partial charge is 0.000786 e. The van der Waals surface area contributed by atoms with Crippen LogP contribution in [0.25, 0.3) is 131 Å². The predicted octanol–water partition coefficient (Wildman–Crippen LogP) is 18.6. The first-order chi connectivity index (χ1) is 32.8. The average molecular weight is 835 g/mol. The minimum Gasteiger partial charge on any atom is -0.0622 e. The summed E-state index contributed by atoms with van der Waals surface area (Å²) in [4.78, 5) is 0. The van der Waals surface area contributed by atoms with Gasteiger partial charge in [-0.25, -0.2) is 0 Å². The Balaban J connectivity index is 1.14. The summed E-state index contributed by atoms with van der Waals surface area (Å²) >= 11 is 0. The topological polar surface area (TPSA) is 0 Å². The van der Waals surface area contributed by atoms with E-state index >= 15 is 0 Å². The Morgan fingerprint density at radius 3 is 0.682 bits per heavy atom. The Labute approximate surface area is 384 Å². The third-order valence-corrected chi connectivity index (χ3v) is 13.8. The predicted molar refractivity (Wildman–Crippen MR) is 284 cm³/mol. The number of hydrogen-bond acceptors (Lipinski definition) is 0. The Bertz CT molecular complexity index is 3720. The number of fused-ring (bicyclic) bond motifs is 12. The van der Waals surface area contributed by atoms with Gasteiger partial charge in [0.05, 0.1) is 0 Å². The van der Waals surface area contributed by atoms with Crippen LogP contribution in [0.15, 0.2) is 255 Å². The minimum absolute atomic E-state index is 1.18. The molecular formula is C66H42. The number of hydrogen-bond donors (Lipinski definition) is 0. The second-order valence-electron chi connectivity index (χ2n) is 17.4. The van der Waals surface area contributed by atoms with Crippen LogP contribution >= 0.6 is 0 Å². The van der Waals surface area contributed by atoms with Gasteiger partial charge in [-0.3, -0.25) is 0 Å². The van der Waals surface area contributed by atoms with Gasteiger partial charge >= 0.3 is 0 Å². The van der Waals surface area contributed by atoms with Crippen LogP contribution in [0.3, 0.4) is 0 Å². The van der Waals surface area contributed by atoms with Crippen LogP contribution in [-0.4, -0.2) is 0 Å². The average Bonchev–Trinajstić information content (AvgIpc) is 3.41. The molecule has 13 rings (SSSR count). The van der Waals surface area contributed by atoms with Crippen molar-refractivity contribution in [3.05, 3.63) is 255 Å². The van der Waals surface area contributed by atoms with Crippen LogP contribution in [0.2, 0.25) is 0 Å². The second kappa shape index (κ2) is 15.6. The van der Waals surface area contributed by atoms with Gasteiger partial charge in [-0.2, -0.15) is 0 Å². The lowest BCUT2D eigenvalue weighted by molar-refractivity contribution is 1.58. The highest BCUT2D eigenvalue weighted by Crippen LogP contribution is 2.51. The maximum Gasteiger partial charge on any atom is -0.000786 e. The van der Waals surface area contributed by atoms with E-state index in [1.165, 1.54) is 131 Å². The zero-order chi connectivity index (χ0) is 43.6. The molecule has 0 spiro atoms. The first-order valence-electron chi connectivity index (χ1n) is 22.9. The number of rotatable bonds is 6. The van der Waals surface area contributed by atoms with Gasteiger partial charge in [0.2, 0.25) is 0 Å². The molecule has 0 unspecified atom stereocenters. The highest BCUT2D eigenvalue weighted by molar-refractivity contribution is 6.34. The molecule has 13 aromatic rings. The summed E-state index contributed by atoms with van der Waals surface area (Å²) < 4.78 is 0. The molecular weight excluding hydrogens is 793 g/mol. The van der Waals surface area contributed by atoms with E-state index in [-0.39, 0.29) is 0 Å². The molecule has 306 valence electrons. The van der Waals surface area contributed by atoms with Crippen LogP contribution in [0.5, 0.6) is 0 Å². The summed E-state index contributed by atoms with van der Waals surface area (Å²) in [6, 6.07) is 94.2. The monoisotopic (exact) mass is 834 g/mol. The minimum atomic E-state index is 1.18. The molecule has 0 aromatic heterocycles. The maximum atomic E-state index is 2.46. The Morgan fingerprint density at radius 1 is 0.152 bits per heavy atom. The van der Waals surface area contributed by atoms with E-state index in [0.717, 1.165) is 0 Å². The van der Waals surface area contributed by atoms with Crippen LogP contribution in [0.4, 0.5) is 0 Å². The van der Waals surface area contributed by atoms with E-state index in [9.17, 15) is 0 Å². The van der Waals surface area contributed by atoms with Crippen molar-refractivity contribution in [2.75, 3.05) is 0 Å². The lowest BCUT2D eigenvalue weighted by Gasteiger charge is -2.23. The van der Waals surface area contributed by atoms with Gasteiger partial charge in [0.1, 0.15) is 0 Å². The van der Waals surface area contributed by atoms with Crippen molar-refractivity contribution < 1.29 is 0 Å². The second-order valence-corrected chi connectivity index (χ2v) is 17.4. The molecule has 0 fully saturated rings. The van der Waals surface area contributed by atoms with Crippen molar-refractivity contribution in [2.45, 2.75) is 0 Å². The highest BCUT2D eigenvalue weighted by Gasteiger charge is 2.24. The van der Waals surface area contributed by atoms with Crippen molar-refractivity contribution in [3.8, 4) is 66.8 Å². The van der Waals surface area contributed by atoms with Gasteiger partial charge in [-0.1, -0.05) is 243 Å². The van der Waals surface area contributed by atoms with Gasteiger partial charge in [-0.15, -0.1) is 0 Å². The molecule has 0 bridgehead atoms.